The molecule has 0 saturated carbocycles. The summed E-state index contributed by atoms with van der Waals surface area (Å²) in [6, 6.07) is -1.37. The monoisotopic (exact) mass is 537 g/mol. The highest BCUT2D eigenvalue weighted by molar-refractivity contribution is 8.00. The minimum atomic E-state index is -1.23. The summed E-state index contributed by atoms with van der Waals surface area (Å²) in [5.74, 6) is -1.28. The summed E-state index contributed by atoms with van der Waals surface area (Å²) in [5.41, 5.74) is 10.2. The standard InChI is InChI=1S/C20H27N9O5S2/c21-8-13(30)29(12-4-2-1-3-5-12)14-15(31)27-9-20(17(32)33,10-35-16(14)27)11-36-19-24-25-26-28(19)7-6-23-18(22)34/h1-2,5,14,16H,3-4,6-11,21H2,(H,32,33)(H3,22,23,34)/t14?,16-,20?/m1/s1. The van der Waals surface area contributed by atoms with Gasteiger partial charge in [-0.05, 0) is 16.8 Å². The normalized spacial score (nSPS) is 25.0. The number of nitrogens with two attached hydrogens (primary N) is 2. The fourth-order valence-corrected chi connectivity index (χ4v) is 7.10. The van der Waals surface area contributed by atoms with Crippen LogP contribution in [0.15, 0.2) is 29.1 Å². The van der Waals surface area contributed by atoms with Crippen molar-refractivity contribution in [3.05, 3.63) is 23.9 Å². The smallest absolute Gasteiger partial charge is 0.313 e. The molecule has 4 amide bonds. The highest BCUT2D eigenvalue weighted by atomic mass is 32.2. The molecule has 194 valence electrons. The molecule has 6 N–H and O–H groups in total. The maximum absolute atomic E-state index is 13.2. The Balaban J connectivity index is 1.44. The molecule has 0 spiro atoms. The van der Waals surface area contributed by atoms with Crippen molar-refractivity contribution in [2.75, 3.05) is 31.1 Å². The van der Waals surface area contributed by atoms with Crippen molar-refractivity contribution < 1.29 is 24.3 Å². The average Bonchev–Trinajstić information content (AvgIpc) is 3.32. The minimum absolute atomic E-state index is 0.0107. The average molecular weight is 538 g/mol. The van der Waals surface area contributed by atoms with Crippen molar-refractivity contribution in [3.8, 4) is 0 Å². The van der Waals surface area contributed by atoms with E-state index in [2.05, 4.69) is 20.8 Å². The van der Waals surface area contributed by atoms with Crippen LogP contribution < -0.4 is 16.8 Å². The van der Waals surface area contributed by atoms with Crippen molar-refractivity contribution in [3.63, 3.8) is 0 Å². The number of thioether (sulfide) groups is 2. The van der Waals surface area contributed by atoms with Crippen LogP contribution in [-0.2, 0) is 20.9 Å². The predicted octanol–water partition coefficient (Wildman–Crippen LogP) is -1.19. The second-order valence-corrected chi connectivity index (χ2v) is 10.6. The Hall–Kier alpha value is -3.11. The van der Waals surface area contributed by atoms with E-state index in [1.54, 1.807) is 0 Å². The molecule has 3 aliphatic rings. The molecular weight excluding hydrogens is 510 g/mol. The number of nitrogens with zero attached hydrogens (tertiary/aromatic N) is 6. The van der Waals surface area contributed by atoms with E-state index >= 15 is 0 Å². The molecule has 4 rings (SSSR count). The van der Waals surface area contributed by atoms with Crippen LogP contribution >= 0.6 is 23.5 Å². The van der Waals surface area contributed by atoms with E-state index in [1.807, 2.05) is 18.2 Å². The predicted molar refractivity (Wildman–Crippen MR) is 130 cm³/mol. The van der Waals surface area contributed by atoms with Crippen LogP contribution in [0.25, 0.3) is 0 Å². The number of carbonyl (C=O) groups is 4. The Morgan fingerprint density at radius 3 is 2.83 bits per heavy atom. The van der Waals surface area contributed by atoms with E-state index in [0.717, 1.165) is 5.70 Å². The van der Waals surface area contributed by atoms with Gasteiger partial charge in [-0.25, -0.2) is 9.48 Å². The topological polar surface area (TPSA) is 203 Å². The molecule has 3 atom stereocenters. The lowest BCUT2D eigenvalue weighted by molar-refractivity contribution is -0.163. The molecule has 1 aliphatic carbocycles. The van der Waals surface area contributed by atoms with Crippen molar-refractivity contribution in [2.45, 2.75) is 36.0 Å². The van der Waals surface area contributed by atoms with Gasteiger partial charge < -0.3 is 26.8 Å². The Morgan fingerprint density at radius 2 is 2.17 bits per heavy atom. The SMILES string of the molecule is NCC(=O)N(C1=CCC=CC1)C1C(=O)N2CC(CSc3nnnn3CCNC(N)=O)(C(=O)O)CS[C@H]12. The lowest BCUT2D eigenvalue weighted by Crippen LogP contribution is -2.74. The minimum Gasteiger partial charge on any atom is -0.481 e. The van der Waals surface area contributed by atoms with E-state index in [1.165, 1.54) is 38.0 Å². The van der Waals surface area contributed by atoms with Crippen LogP contribution in [0.4, 0.5) is 4.79 Å². The van der Waals surface area contributed by atoms with Crippen LogP contribution in [-0.4, -0.2) is 101 Å². The van der Waals surface area contributed by atoms with Gasteiger partial charge in [-0.2, -0.15) is 0 Å². The van der Waals surface area contributed by atoms with E-state index in [0.29, 0.717) is 18.0 Å². The number of rotatable bonds is 10. The molecule has 1 aromatic heterocycles. The molecule has 2 aliphatic heterocycles. The molecular formula is C20H27N9O5S2. The van der Waals surface area contributed by atoms with Crippen LogP contribution in [0.2, 0.25) is 0 Å². The fraction of sp³-hybridized carbons (Fsp3) is 0.550. The summed E-state index contributed by atoms with van der Waals surface area (Å²) in [6.07, 6.45) is 7.06. The van der Waals surface area contributed by atoms with Gasteiger partial charge in [0.05, 0.1) is 13.1 Å². The summed E-state index contributed by atoms with van der Waals surface area (Å²) in [5, 5.41) is 24.0. The highest BCUT2D eigenvalue weighted by Gasteiger charge is 2.59. The summed E-state index contributed by atoms with van der Waals surface area (Å²) in [6.45, 7) is 0.263. The summed E-state index contributed by atoms with van der Waals surface area (Å²) < 4.78 is 1.45. The third-order valence-corrected chi connectivity index (χ3v) is 9.00. The van der Waals surface area contributed by atoms with Crippen molar-refractivity contribution in [2.24, 2.45) is 16.9 Å². The molecule has 36 heavy (non-hydrogen) atoms. The molecule has 0 radical (unpaired) electrons. The number of carboxylic acid groups (broad SMARTS) is 1. The molecule has 2 saturated heterocycles. The highest BCUT2D eigenvalue weighted by Crippen LogP contribution is 2.46. The second-order valence-electron chi connectivity index (χ2n) is 8.54. The number of fused-ring (bicyclic) bond motifs is 1. The van der Waals surface area contributed by atoms with Crippen LogP contribution in [0, 0.1) is 5.41 Å². The zero-order valence-corrected chi connectivity index (χ0v) is 20.9. The molecule has 0 bridgehead atoms. The molecule has 0 aromatic carbocycles. The lowest BCUT2D eigenvalue weighted by atomic mass is 9.88. The van der Waals surface area contributed by atoms with Gasteiger partial charge in [0, 0.05) is 36.7 Å². The van der Waals surface area contributed by atoms with Gasteiger partial charge in [0.2, 0.25) is 17.0 Å². The molecule has 3 heterocycles. The van der Waals surface area contributed by atoms with Crippen molar-refractivity contribution in [1.29, 1.82) is 0 Å². The number of nitrogens with one attached hydrogen (secondary N) is 1. The summed E-state index contributed by atoms with van der Waals surface area (Å²) in [4.78, 5) is 52.2. The third-order valence-electron chi connectivity index (χ3n) is 6.18. The number of aromatic nitrogens is 4. The summed E-state index contributed by atoms with van der Waals surface area (Å²) in [7, 11) is 0. The number of aliphatic carboxylic acids is 1. The number of tetrazole rings is 1. The van der Waals surface area contributed by atoms with Crippen molar-refractivity contribution in [1.82, 2.24) is 35.3 Å². The number of hydrogen-bond donors (Lipinski definition) is 4. The maximum Gasteiger partial charge on any atom is 0.313 e. The molecule has 2 fully saturated rings. The number of carboxylic acids is 1. The second kappa shape index (κ2) is 10.9. The number of allylic oxidation sites excluding steroid dienone is 3. The Bertz CT molecular complexity index is 1110. The van der Waals surface area contributed by atoms with Gasteiger partial charge in [0.15, 0.2) is 0 Å². The van der Waals surface area contributed by atoms with Crippen molar-refractivity contribution >= 4 is 47.3 Å². The molecule has 16 heteroatoms. The third kappa shape index (κ3) is 5.05. The number of primary amides is 1. The van der Waals surface area contributed by atoms with Gasteiger partial charge in [-0.1, -0.05) is 30.0 Å². The van der Waals surface area contributed by atoms with Gasteiger partial charge in [0.1, 0.15) is 16.8 Å². The first-order valence-corrected chi connectivity index (χ1v) is 13.2. The number of urea groups is 1. The number of β-lactam (4-membered cyclic amide) rings is 1. The maximum atomic E-state index is 13.2. The first kappa shape index (κ1) is 26.0. The van der Waals surface area contributed by atoms with Gasteiger partial charge in [-0.3, -0.25) is 19.3 Å². The molecule has 1 aromatic rings. The largest absolute Gasteiger partial charge is 0.481 e. The lowest BCUT2D eigenvalue weighted by Gasteiger charge is -2.56. The van der Waals surface area contributed by atoms with Gasteiger partial charge >= 0.3 is 12.0 Å². The quantitative estimate of drug-likeness (QED) is 0.159. The number of carbonyl (C=O) groups excluding carboxylic acids is 3. The van der Waals surface area contributed by atoms with Crippen LogP contribution in [0.1, 0.15) is 12.8 Å². The van der Waals surface area contributed by atoms with E-state index < -0.39 is 23.5 Å². The van der Waals surface area contributed by atoms with Crippen LogP contribution in [0.5, 0.6) is 0 Å². The van der Waals surface area contributed by atoms with E-state index in [-0.39, 0.29) is 54.9 Å². The Kier molecular flexibility index (Phi) is 7.85. The Labute approximate surface area is 214 Å². The Morgan fingerprint density at radius 1 is 1.36 bits per heavy atom. The van der Waals surface area contributed by atoms with E-state index in [9.17, 15) is 24.3 Å². The van der Waals surface area contributed by atoms with Crippen LogP contribution in [0.3, 0.4) is 0 Å². The summed E-state index contributed by atoms with van der Waals surface area (Å²) >= 11 is 2.52. The van der Waals surface area contributed by atoms with Gasteiger partial charge in [0.25, 0.3) is 0 Å². The molecule has 2 unspecified atom stereocenters. The zero-order chi connectivity index (χ0) is 25.9. The first-order valence-electron chi connectivity index (χ1n) is 11.2. The van der Waals surface area contributed by atoms with Gasteiger partial charge in [-0.15, -0.1) is 16.9 Å². The number of hydrogen-bond acceptors (Lipinski definition) is 10. The zero-order valence-electron chi connectivity index (χ0n) is 19.3. The fourth-order valence-electron chi connectivity index (χ4n) is 4.29. The molecule has 14 nitrogen and oxygen atoms in total. The number of amides is 4. The first-order chi connectivity index (χ1) is 17.3. The van der Waals surface area contributed by atoms with E-state index in [4.69, 9.17) is 11.5 Å².